The fraction of sp³-hybridized carbons (Fsp3) is 0.769. The van der Waals surface area contributed by atoms with Gasteiger partial charge >= 0.3 is 6.09 Å². The highest BCUT2D eigenvalue weighted by Gasteiger charge is 2.32. The lowest BCUT2D eigenvalue weighted by molar-refractivity contribution is 0.0495. The molecule has 0 bridgehead atoms. The van der Waals surface area contributed by atoms with E-state index in [1.54, 1.807) is 0 Å². The monoisotopic (exact) mass is 225 g/mol. The zero-order chi connectivity index (χ0) is 12.2. The number of amides is 1. The summed E-state index contributed by atoms with van der Waals surface area (Å²) in [6.45, 7) is 9.34. The fourth-order valence-electron chi connectivity index (χ4n) is 1.68. The summed E-state index contributed by atoms with van der Waals surface area (Å²) >= 11 is 0. The second-order valence-corrected chi connectivity index (χ2v) is 5.46. The molecule has 1 unspecified atom stereocenters. The molecular weight excluding hydrogens is 202 g/mol. The Labute approximate surface area is 98.2 Å². The maximum atomic E-state index is 11.6. The van der Waals surface area contributed by atoms with Gasteiger partial charge in [-0.3, -0.25) is 0 Å². The molecule has 0 aromatic heterocycles. The molecule has 1 atom stereocenters. The van der Waals surface area contributed by atoms with Gasteiger partial charge in [-0.05, 0) is 52.4 Å². The standard InChI is InChI=1S/C13H23NO2/c1-5-6-7-11(10-8-9-10)14-12(15)16-13(2,3)4/h5,10-11H,1,6-9H2,2-4H3,(H,14,15). The lowest BCUT2D eigenvalue weighted by Gasteiger charge is -2.23. The summed E-state index contributed by atoms with van der Waals surface area (Å²) in [7, 11) is 0. The first-order valence-corrected chi connectivity index (χ1v) is 6.03. The molecule has 16 heavy (non-hydrogen) atoms. The average molecular weight is 225 g/mol. The van der Waals surface area contributed by atoms with Crippen molar-refractivity contribution in [3.8, 4) is 0 Å². The van der Waals surface area contributed by atoms with Crippen LogP contribution in [0.1, 0.15) is 46.5 Å². The third-order valence-corrected chi connectivity index (χ3v) is 2.57. The molecule has 1 fully saturated rings. The Balaban J connectivity index is 2.35. The van der Waals surface area contributed by atoms with Crippen molar-refractivity contribution in [1.82, 2.24) is 5.32 Å². The molecule has 3 nitrogen and oxygen atoms in total. The molecule has 0 heterocycles. The molecule has 1 aliphatic rings. The summed E-state index contributed by atoms with van der Waals surface area (Å²) in [6, 6.07) is 0.257. The normalized spacial score (nSPS) is 17.7. The second kappa shape index (κ2) is 5.37. The van der Waals surface area contributed by atoms with Gasteiger partial charge in [0.25, 0.3) is 0 Å². The highest BCUT2D eigenvalue weighted by Crippen LogP contribution is 2.34. The number of hydrogen-bond acceptors (Lipinski definition) is 2. The van der Waals surface area contributed by atoms with Gasteiger partial charge in [0.1, 0.15) is 5.60 Å². The highest BCUT2D eigenvalue weighted by molar-refractivity contribution is 5.68. The summed E-state index contributed by atoms with van der Waals surface area (Å²) in [6.07, 6.45) is 5.94. The van der Waals surface area contributed by atoms with Crippen molar-refractivity contribution >= 4 is 6.09 Å². The van der Waals surface area contributed by atoms with E-state index in [2.05, 4.69) is 11.9 Å². The van der Waals surface area contributed by atoms with Crippen LogP contribution >= 0.6 is 0 Å². The molecule has 1 amide bonds. The lowest BCUT2D eigenvalue weighted by atomic mass is 10.1. The van der Waals surface area contributed by atoms with Crippen molar-refractivity contribution in [2.45, 2.75) is 58.1 Å². The molecule has 0 saturated heterocycles. The quantitative estimate of drug-likeness (QED) is 0.729. The van der Waals surface area contributed by atoms with Gasteiger partial charge in [-0.15, -0.1) is 6.58 Å². The number of carbonyl (C=O) groups excluding carboxylic acids is 1. The van der Waals surface area contributed by atoms with Gasteiger partial charge < -0.3 is 10.1 Å². The minimum absolute atomic E-state index is 0.257. The van der Waals surface area contributed by atoms with Crippen LogP contribution in [0.15, 0.2) is 12.7 Å². The Hall–Kier alpha value is -0.990. The maximum Gasteiger partial charge on any atom is 0.407 e. The minimum atomic E-state index is -0.420. The molecule has 92 valence electrons. The van der Waals surface area contributed by atoms with Crippen LogP contribution < -0.4 is 5.32 Å². The van der Waals surface area contributed by atoms with Crippen molar-refractivity contribution < 1.29 is 9.53 Å². The zero-order valence-corrected chi connectivity index (χ0v) is 10.6. The first kappa shape index (κ1) is 13.1. The summed E-state index contributed by atoms with van der Waals surface area (Å²) in [4.78, 5) is 11.6. The number of nitrogens with one attached hydrogen (secondary N) is 1. The third kappa shape index (κ3) is 5.19. The molecule has 0 spiro atoms. The lowest BCUT2D eigenvalue weighted by Crippen LogP contribution is -2.40. The van der Waals surface area contributed by atoms with E-state index in [0.29, 0.717) is 5.92 Å². The highest BCUT2D eigenvalue weighted by atomic mass is 16.6. The molecule has 0 aromatic carbocycles. The molecule has 0 radical (unpaired) electrons. The van der Waals surface area contributed by atoms with Crippen LogP contribution in [0.25, 0.3) is 0 Å². The Bertz CT molecular complexity index is 251. The number of hydrogen-bond donors (Lipinski definition) is 1. The predicted octanol–water partition coefficient (Wildman–Crippen LogP) is 3.26. The van der Waals surface area contributed by atoms with Crippen molar-refractivity contribution in [3.05, 3.63) is 12.7 Å². The summed E-state index contributed by atoms with van der Waals surface area (Å²) < 4.78 is 5.25. The van der Waals surface area contributed by atoms with Crippen LogP contribution in [0.5, 0.6) is 0 Å². The molecule has 3 heteroatoms. The Morgan fingerprint density at radius 1 is 1.56 bits per heavy atom. The number of allylic oxidation sites excluding steroid dienone is 1. The predicted molar refractivity (Wildman–Crippen MR) is 65.3 cm³/mol. The van der Waals surface area contributed by atoms with Crippen LogP contribution in [-0.2, 0) is 4.74 Å². The van der Waals surface area contributed by atoms with Gasteiger partial charge in [-0.25, -0.2) is 4.79 Å². The minimum Gasteiger partial charge on any atom is -0.444 e. The van der Waals surface area contributed by atoms with E-state index in [1.807, 2.05) is 26.8 Å². The van der Waals surface area contributed by atoms with Crippen LogP contribution in [0.3, 0.4) is 0 Å². The first-order valence-electron chi connectivity index (χ1n) is 6.03. The van der Waals surface area contributed by atoms with E-state index in [9.17, 15) is 4.79 Å². The number of rotatable bonds is 5. The van der Waals surface area contributed by atoms with E-state index in [1.165, 1.54) is 12.8 Å². The topological polar surface area (TPSA) is 38.3 Å². The largest absolute Gasteiger partial charge is 0.444 e. The molecular formula is C13H23NO2. The Kier molecular flexibility index (Phi) is 4.39. The molecule has 0 aromatic rings. The number of carbonyl (C=O) groups is 1. The van der Waals surface area contributed by atoms with Gasteiger partial charge in [-0.2, -0.15) is 0 Å². The van der Waals surface area contributed by atoms with E-state index in [-0.39, 0.29) is 12.1 Å². The van der Waals surface area contributed by atoms with Crippen LogP contribution in [-0.4, -0.2) is 17.7 Å². The van der Waals surface area contributed by atoms with E-state index in [4.69, 9.17) is 4.74 Å². The third-order valence-electron chi connectivity index (χ3n) is 2.57. The van der Waals surface area contributed by atoms with Crippen molar-refractivity contribution in [1.29, 1.82) is 0 Å². The van der Waals surface area contributed by atoms with Crippen LogP contribution in [0, 0.1) is 5.92 Å². The SMILES string of the molecule is C=CCCC(NC(=O)OC(C)(C)C)C1CC1. The second-order valence-electron chi connectivity index (χ2n) is 5.46. The van der Waals surface area contributed by atoms with Gasteiger partial charge in [0.2, 0.25) is 0 Å². The molecule has 1 aliphatic carbocycles. The average Bonchev–Trinajstić information content (AvgIpc) is 2.91. The van der Waals surface area contributed by atoms with E-state index in [0.717, 1.165) is 12.8 Å². The smallest absolute Gasteiger partial charge is 0.407 e. The molecule has 1 rings (SSSR count). The first-order chi connectivity index (χ1) is 7.42. The Morgan fingerprint density at radius 3 is 2.62 bits per heavy atom. The summed E-state index contributed by atoms with van der Waals surface area (Å²) in [5.74, 6) is 0.646. The van der Waals surface area contributed by atoms with Crippen molar-refractivity contribution in [2.24, 2.45) is 5.92 Å². The van der Waals surface area contributed by atoms with E-state index >= 15 is 0 Å². The van der Waals surface area contributed by atoms with Crippen LogP contribution in [0.4, 0.5) is 4.79 Å². The van der Waals surface area contributed by atoms with Crippen molar-refractivity contribution in [2.75, 3.05) is 0 Å². The van der Waals surface area contributed by atoms with Gasteiger partial charge in [0.15, 0.2) is 0 Å². The van der Waals surface area contributed by atoms with Crippen molar-refractivity contribution in [3.63, 3.8) is 0 Å². The zero-order valence-electron chi connectivity index (χ0n) is 10.6. The molecule has 0 aliphatic heterocycles. The van der Waals surface area contributed by atoms with E-state index < -0.39 is 5.60 Å². The summed E-state index contributed by atoms with van der Waals surface area (Å²) in [5.41, 5.74) is -0.420. The van der Waals surface area contributed by atoms with Gasteiger partial charge in [-0.1, -0.05) is 6.08 Å². The Morgan fingerprint density at radius 2 is 2.19 bits per heavy atom. The maximum absolute atomic E-state index is 11.6. The van der Waals surface area contributed by atoms with Gasteiger partial charge in [0.05, 0.1) is 0 Å². The van der Waals surface area contributed by atoms with Crippen LogP contribution in [0.2, 0.25) is 0 Å². The van der Waals surface area contributed by atoms with Gasteiger partial charge in [0, 0.05) is 6.04 Å². The number of alkyl carbamates (subject to hydrolysis) is 1. The number of ether oxygens (including phenoxy) is 1. The molecule has 1 N–H and O–H groups in total. The fourth-order valence-corrected chi connectivity index (χ4v) is 1.68. The molecule has 1 saturated carbocycles. The summed E-state index contributed by atoms with van der Waals surface area (Å²) in [5, 5.41) is 2.96.